The van der Waals surface area contributed by atoms with E-state index in [0.29, 0.717) is 16.6 Å². The van der Waals surface area contributed by atoms with Crippen molar-refractivity contribution in [1.82, 2.24) is 9.88 Å². The first-order chi connectivity index (χ1) is 10.1. The minimum Gasteiger partial charge on any atom is -0.381 e. The standard InChI is InChI=1S/C15H19N3O2S/c1-18(9-10-4-6-20-7-5-10)14(19)11-2-3-12-13(8-11)21-15(16)17-12/h2-3,8,10H,4-7,9H2,1H3,(H2,16,17). The Morgan fingerprint density at radius 1 is 1.48 bits per heavy atom. The van der Waals surface area contributed by atoms with Crippen LogP contribution in [-0.2, 0) is 4.74 Å². The third kappa shape index (κ3) is 3.16. The summed E-state index contributed by atoms with van der Waals surface area (Å²) < 4.78 is 6.31. The van der Waals surface area contributed by atoms with Crippen LogP contribution in [0.3, 0.4) is 0 Å². The summed E-state index contributed by atoms with van der Waals surface area (Å²) in [5.41, 5.74) is 7.24. The first kappa shape index (κ1) is 14.3. The fourth-order valence-corrected chi connectivity index (χ4v) is 3.47. The van der Waals surface area contributed by atoms with Crippen LogP contribution >= 0.6 is 11.3 Å². The minimum atomic E-state index is 0.0513. The highest BCUT2D eigenvalue weighted by Crippen LogP contribution is 2.25. The molecule has 2 heterocycles. The Morgan fingerprint density at radius 2 is 2.24 bits per heavy atom. The van der Waals surface area contributed by atoms with Gasteiger partial charge in [-0.2, -0.15) is 0 Å². The average molecular weight is 305 g/mol. The summed E-state index contributed by atoms with van der Waals surface area (Å²) in [6, 6.07) is 5.56. The summed E-state index contributed by atoms with van der Waals surface area (Å²) in [5, 5.41) is 0.533. The van der Waals surface area contributed by atoms with Gasteiger partial charge in [-0.15, -0.1) is 0 Å². The zero-order valence-corrected chi connectivity index (χ0v) is 12.9. The lowest BCUT2D eigenvalue weighted by Gasteiger charge is -2.27. The van der Waals surface area contributed by atoms with Gasteiger partial charge in [-0.05, 0) is 37.0 Å². The molecule has 3 rings (SSSR count). The van der Waals surface area contributed by atoms with Crippen molar-refractivity contribution in [1.29, 1.82) is 0 Å². The molecule has 2 aromatic rings. The number of hydrogen-bond acceptors (Lipinski definition) is 5. The molecule has 0 aliphatic carbocycles. The maximum absolute atomic E-state index is 12.5. The maximum atomic E-state index is 12.5. The summed E-state index contributed by atoms with van der Waals surface area (Å²) in [5.74, 6) is 0.589. The number of amides is 1. The highest BCUT2D eigenvalue weighted by Gasteiger charge is 2.20. The van der Waals surface area contributed by atoms with E-state index in [1.54, 1.807) is 0 Å². The molecule has 0 atom stereocenters. The van der Waals surface area contributed by atoms with E-state index in [4.69, 9.17) is 10.5 Å². The molecular formula is C15H19N3O2S. The molecule has 1 amide bonds. The number of aromatic nitrogens is 1. The van der Waals surface area contributed by atoms with Crippen LogP contribution in [0.4, 0.5) is 5.13 Å². The van der Waals surface area contributed by atoms with Gasteiger partial charge in [0, 0.05) is 32.4 Å². The number of fused-ring (bicyclic) bond motifs is 1. The Balaban J connectivity index is 1.72. The smallest absolute Gasteiger partial charge is 0.253 e. The number of rotatable bonds is 3. The van der Waals surface area contributed by atoms with Crippen molar-refractivity contribution in [3.8, 4) is 0 Å². The average Bonchev–Trinajstić information content (AvgIpc) is 2.86. The summed E-state index contributed by atoms with van der Waals surface area (Å²) >= 11 is 1.41. The van der Waals surface area contributed by atoms with E-state index >= 15 is 0 Å². The molecule has 6 heteroatoms. The van der Waals surface area contributed by atoms with Crippen molar-refractivity contribution >= 4 is 32.6 Å². The predicted molar refractivity (Wildman–Crippen MR) is 84.5 cm³/mol. The second-order valence-corrected chi connectivity index (χ2v) is 6.54. The number of carbonyl (C=O) groups excluding carboxylic acids is 1. The van der Waals surface area contributed by atoms with Crippen LogP contribution in [0.25, 0.3) is 10.2 Å². The van der Waals surface area contributed by atoms with Gasteiger partial charge in [-0.25, -0.2) is 4.98 Å². The quantitative estimate of drug-likeness (QED) is 0.945. The molecule has 0 saturated carbocycles. The first-order valence-electron chi connectivity index (χ1n) is 7.13. The molecule has 112 valence electrons. The maximum Gasteiger partial charge on any atom is 0.253 e. The monoisotopic (exact) mass is 305 g/mol. The lowest BCUT2D eigenvalue weighted by Crippen LogP contribution is -2.34. The van der Waals surface area contributed by atoms with E-state index in [2.05, 4.69) is 4.98 Å². The van der Waals surface area contributed by atoms with Gasteiger partial charge in [0.2, 0.25) is 0 Å². The van der Waals surface area contributed by atoms with Crippen molar-refractivity contribution in [2.75, 3.05) is 32.5 Å². The molecule has 0 spiro atoms. The molecule has 1 aromatic heterocycles. The molecule has 5 nitrogen and oxygen atoms in total. The fraction of sp³-hybridized carbons (Fsp3) is 0.467. The molecule has 0 unspecified atom stereocenters. The van der Waals surface area contributed by atoms with Crippen LogP contribution in [0.1, 0.15) is 23.2 Å². The molecule has 1 saturated heterocycles. The van der Waals surface area contributed by atoms with Crippen molar-refractivity contribution in [3.63, 3.8) is 0 Å². The molecular weight excluding hydrogens is 286 g/mol. The van der Waals surface area contributed by atoms with Gasteiger partial charge < -0.3 is 15.4 Å². The second kappa shape index (κ2) is 5.99. The number of nitrogens with two attached hydrogens (primary N) is 1. The lowest BCUT2D eigenvalue weighted by atomic mass is 9.99. The number of nitrogen functional groups attached to an aromatic ring is 1. The van der Waals surface area contributed by atoms with E-state index in [0.717, 1.165) is 42.8 Å². The largest absolute Gasteiger partial charge is 0.381 e. The SMILES string of the molecule is CN(CC1CCOCC1)C(=O)c1ccc2nc(N)sc2c1. The fourth-order valence-electron chi connectivity index (χ4n) is 2.70. The van der Waals surface area contributed by atoms with E-state index < -0.39 is 0 Å². The summed E-state index contributed by atoms with van der Waals surface area (Å²) in [6.45, 7) is 2.39. The third-order valence-corrected chi connectivity index (χ3v) is 4.72. The van der Waals surface area contributed by atoms with E-state index in [-0.39, 0.29) is 5.91 Å². The Morgan fingerprint density at radius 3 is 3.00 bits per heavy atom. The molecule has 1 aliphatic heterocycles. The lowest BCUT2D eigenvalue weighted by molar-refractivity contribution is 0.0497. The first-order valence-corrected chi connectivity index (χ1v) is 7.94. The summed E-state index contributed by atoms with van der Waals surface area (Å²) in [4.78, 5) is 18.5. The zero-order valence-electron chi connectivity index (χ0n) is 12.0. The van der Waals surface area contributed by atoms with Gasteiger partial charge in [0.25, 0.3) is 5.91 Å². The van der Waals surface area contributed by atoms with Crippen LogP contribution in [0.5, 0.6) is 0 Å². The molecule has 1 fully saturated rings. The molecule has 0 radical (unpaired) electrons. The number of nitrogens with zero attached hydrogens (tertiary/aromatic N) is 2. The number of benzene rings is 1. The Hall–Kier alpha value is -1.66. The van der Waals surface area contributed by atoms with Gasteiger partial charge in [-0.3, -0.25) is 4.79 Å². The number of carbonyl (C=O) groups is 1. The molecule has 1 aliphatic rings. The Kier molecular flexibility index (Phi) is 4.07. The van der Waals surface area contributed by atoms with Crippen LogP contribution in [0.15, 0.2) is 18.2 Å². The zero-order chi connectivity index (χ0) is 14.8. The van der Waals surface area contributed by atoms with E-state index in [1.807, 2.05) is 30.1 Å². The normalized spacial score (nSPS) is 16.2. The van der Waals surface area contributed by atoms with Crippen LogP contribution in [-0.4, -0.2) is 42.6 Å². The third-order valence-electron chi connectivity index (χ3n) is 3.87. The molecule has 2 N–H and O–H groups in total. The van der Waals surface area contributed by atoms with Crippen molar-refractivity contribution < 1.29 is 9.53 Å². The topological polar surface area (TPSA) is 68.5 Å². The van der Waals surface area contributed by atoms with Crippen molar-refractivity contribution in [2.45, 2.75) is 12.8 Å². The van der Waals surface area contributed by atoms with Gasteiger partial charge in [0.05, 0.1) is 10.2 Å². The van der Waals surface area contributed by atoms with Crippen molar-refractivity contribution in [2.24, 2.45) is 5.92 Å². The molecule has 21 heavy (non-hydrogen) atoms. The number of thiazole rings is 1. The highest BCUT2D eigenvalue weighted by molar-refractivity contribution is 7.22. The number of hydrogen-bond donors (Lipinski definition) is 1. The van der Waals surface area contributed by atoms with Gasteiger partial charge in [0.15, 0.2) is 5.13 Å². The van der Waals surface area contributed by atoms with Gasteiger partial charge in [0.1, 0.15) is 0 Å². The summed E-state index contributed by atoms with van der Waals surface area (Å²) in [7, 11) is 1.86. The highest BCUT2D eigenvalue weighted by atomic mass is 32.1. The minimum absolute atomic E-state index is 0.0513. The van der Waals surface area contributed by atoms with Gasteiger partial charge in [-0.1, -0.05) is 11.3 Å². The number of ether oxygens (including phenoxy) is 1. The van der Waals surface area contributed by atoms with E-state index in [9.17, 15) is 4.79 Å². The Bertz CT molecular complexity index is 649. The van der Waals surface area contributed by atoms with Crippen LogP contribution in [0, 0.1) is 5.92 Å². The molecule has 0 bridgehead atoms. The molecule has 1 aromatic carbocycles. The second-order valence-electron chi connectivity index (χ2n) is 5.48. The van der Waals surface area contributed by atoms with E-state index in [1.165, 1.54) is 11.3 Å². The number of anilines is 1. The summed E-state index contributed by atoms with van der Waals surface area (Å²) in [6.07, 6.45) is 2.06. The van der Waals surface area contributed by atoms with Crippen LogP contribution < -0.4 is 5.73 Å². The van der Waals surface area contributed by atoms with Crippen LogP contribution in [0.2, 0.25) is 0 Å². The van der Waals surface area contributed by atoms with Crippen molar-refractivity contribution in [3.05, 3.63) is 23.8 Å². The Labute approximate surface area is 127 Å². The predicted octanol–water partition coefficient (Wildman–Crippen LogP) is 2.38. The van der Waals surface area contributed by atoms with Gasteiger partial charge >= 0.3 is 0 Å².